The second-order valence-electron chi connectivity index (χ2n) is 8.52. The van der Waals surface area contributed by atoms with Gasteiger partial charge in [0.15, 0.2) is 11.1 Å². The van der Waals surface area contributed by atoms with Gasteiger partial charge in [0, 0.05) is 33.9 Å². The summed E-state index contributed by atoms with van der Waals surface area (Å²) >= 11 is 0. The van der Waals surface area contributed by atoms with E-state index in [1.54, 1.807) is 14.2 Å². The minimum atomic E-state index is -1.89. The summed E-state index contributed by atoms with van der Waals surface area (Å²) in [5.41, 5.74) is 9.12. The van der Waals surface area contributed by atoms with Gasteiger partial charge in [-0.15, -0.1) is 0 Å². The van der Waals surface area contributed by atoms with Gasteiger partial charge in [-0.25, -0.2) is 0 Å². The minimum Gasteiger partial charge on any atom is -0.480 e. The molecule has 0 amide bonds. The summed E-state index contributed by atoms with van der Waals surface area (Å²) in [6.45, 7) is 2.94. The Morgan fingerprint density at radius 1 is 0.829 bits per heavy atom. The van der Waals surface area contributed by atoms with Crippen molar-refractivity contribution in [3.05, 3.63) is 0 Å². The normalized spacial score (nSPS) is 20.6. The molecule has 0 spiro atoms. The van der Waals surface area contributed by atoms with Crippen molar-refractivity contribution in [3.8, 4) is 0 Å². The lowest BCUT2D eigenvalue weighted by Gasteiger charge is -2.40. The van der Waals surface area contributed by atoms with Gasteiger partial charge in [-0.1, -0.05) is 6.42 Å². The Balaban J connectivity index is 2.72. The van der Waals surface area contributed by atoms with Crippen molar-refractivity contribution in [1.82, 2.24) is 0 Å². The number of rotatable bonds is 21. The lowest BCUT2D eigenvalue weighted by molar-refractivity contribution is -0.187. The molecule has 0 bridgehead atoms. The first-order valence-corrected chi connectivity index (χ1v) is 12.1. The molecule has 1 rings (SSSR count). The van der Waals surface area contributed by atoms with Crippen LogP contribution >= 0.6 is 0 Å². The molecule has 0 aromatic carbocycles. The van der Waals surface area contributed by atoms with Crippen molar-refractivity contribution in [2.45, 2.75) is 50.3 Å². The molecule has 2 atom stereocenters. The van der Waals surface area contributed by atoms with Crippen molar-refractivity contribution >= 4 is 11.9 Å². The van der Waals surface area contributed by atoms with Crippen LogP contribution < -0.4 is 11.5 Å². The van der Waals surface area contributed by atoms with Crippen molar-refractivity contribution in [2.75, 3.05) is 80.3 Å². The zero-order valence-electron chi connectivity index (χ0n) is 21.2. The van der Waals surface area contributed by atoms with Crippen LogP contribution in [0.15, 0.2) is 0 Å². The van der Waals surface area contributed by atoms with E-state index in [-0.39, 0.29) is 39.3 Å². The molecule has 0 heterocycles. The summed E-state index contributed by atoms with van der Waals surface area (Å²) in [7, 11) is 3.16. The maximum atomic E-state index is 13.3. The molecule has 0 aliphatic heterocycles. The Morgan fingerprint density at radius 3 is 1.71 bits per heavy atom. The van der Waals surface area contributed by atoms with Crippen LogP contribution in [0.25, 0.3) is 0 Å². The zero-order valence-corrected chi connectivity index (χ0v) is 21.2. The molecule has 5 N–H and O–H groups in total. The monoisotopic (exact) mass is 508 g/mol. The molecule has 35 heavy (non-hydrogen) atoms. The molecule has 0 unspecified atom stereocenters. The molecule has 0 radical (unpaired) electrons. The van der Waals surface area contributed by atoms with E-state index >= 15 is 0 Å². The number of aliphatic carboxylic acids is 1. The van der Waals surface area contributed by atoms with Gasteiger partial charge in [0.25, 0.3) is 0 Å². The Labute approximate surface area is 207 Å². The first kappa shape index (κ1) is 31.6. The van der Waals surface area contributed by atoms with Crippen LogP contribution in [-0.2, 0) is 42.7 Å². The topological polar surface area (TPSA) is 171 Å². The van der Waals surface area contributed by atoms with Gasteiger partial charge < -0.3 is 44.0 Å². The van der Waals surface area contributed by atoms with Gasteiger partial charge in [0.2, 0.25) is 0 Å². The summed E-state index contributed by atoms with van der Waals surface area (Å²) in [5.74, 6) is -2.25. The molecular formula is C23H44N2O10. The van der Waals surface area contributed by atoms with Gasteiger partial charge in [0.05, 0.1) is 58.9 Å². The van der Waals surface area contributed by atoms with Gasteiger partial charge >= 0.3 is 11.9 Å². The number of nitrogens with two attached hydrogens (primary N) is 2. The van der Waals surface area contributed by atoms with Crippen molar-refractivity contribution < 1.29 is 47.9 Å². The minimum absolute atomic E-state index is 0.0127. The average Bonchev–Trinajstić information content (AvgIpc) is 2.82. The van der Waals surface area contributed by atoms with E-state index in [1.165, 1.54) is 0 Å². The predicted octanol–water partition coefficient (Wildman–Crippen LogP) is 0.296. The SMILES string of the molecule is COCCOCCOCCC(CCOCCOCCOC)(C(=O)O)C(=O)O[C@@]1(N)CCCC[C@H]1N. The average molecular weight is 509 g/mol. The summed E-state index contributed by atoms with van der Waals surface area (Å²) in [6, 6.07) is -0.562. The lowest BCUT2D eigenvalue weighted by Crippen LogP contribution is -2.61. The van der Waals surface area contributed by atoms with Crippen molar-refractivity contribution in [3.63, 3.8) is 0 Å². The second kappa shape index (κ2) is 18.0. The van der Waals surface area contributed by atoms with Crippen molar-refractivity contribution in [2.24, 2.45) is 16.9 Å². The highest BCUT2D eigenvalue weighted by Crippen LogP contribution is 2.34. The van der Waals surface area contributed by atoms with Crippen LogP contribution in [0.3, 0.4) is 0 Å². The molecule has 1 fully saturated rings. The summed E-state index contributed by atoms with van der Waals surface area (Å²) < 4.78 is 37.1. The fourth-order valence-electron chi connectivity index (χ4n) is 3.64. The van der Waals surface area contributed by atoms with Gasteiger partial charge in [-0.3, -0.25) is 15.3 Å². The summed E-state index contributed by atoms with van der Waals surface area (Å²) in [4.78, 5) is 25.7. The first-order chi connectivity index (χ1) is 16.8. The molecule has 206 valence electrons. The molecule has 12 heteroatoms. The number of carbonyl (C=O) groups is 2. The molecule has 12 nitrogen and oxygen atoms in total. The van der Waals surface area contributed by atoms with E-state index in [4.69, 9.17) is 44.6 Å². The first-order valence-electron chi connectivity index (χ1n) is 12.1. The van der Waals surface area contributed by atoms with Gasteiger partial charge in [-0.05, 0) is 25.7 Å². The largest absolute Gasteiger partial charge is 0.480 e. The third-order valence-electron chi connectivity index (χ3n) is 6.00. The predicted molar refractivity (Wildman–Crippen MR) is 126 cm³/mol. The highest BCUT2D eigenvalue weighted by molar-refractivity contribution is 5.99. The number of methoxy groups -OCH3 is 2. The maximum Gasteiger partial charge on any atom is 0.325 e. The van der Waals surface area contributed by atoms with E-state index in [0.717, 1.165) is 12.8 Å². The number of carbonyl (C=O) groups excluding carboxylic acids is 1. The number of carboxylic acids is 1. The van der Waals surface area contributed by atoms with Crippen LogP contribution in [-0.4, -0.2) is 109 Å². The maximum absolute atomic E-state index is 13.3. The standard InChI is InChI=1S/C23H44N2O10/c1-29-11-13-33-17-15-31-9-7-22(20(26)27,8-10-32-16-18-34-14-12-30-2)21(28)35-23(25)6-4-3-5-19(23)24/h19H,3-18,24-25H2,1-2H3,(H,26,27)/t19-,23+/m1/s1. The fraction of sp³-hybridized carbons (Fsp3) is 0.913. The quantitative estimate of drug-likeness (QED) is 0.0839. The van der Waals surface area contributed by atoms with Crippen LogP contribution in [0.4, 0.5) is 0 Å². The fourth-order valence-corrected chi connectivity index (χ4v) is 3.64. The van der Waals surface area contributed by atoms with E-state index in [9.17, 15) is 14.7 Å². The Morgan fingerprint density at radius 2 is 1.29 bits per heavy atom. The number of hydrogen-bond acceptors (Lipinski definition) is 11. The molecule has 0 aromatic rings. The summed E-state index contributed by atoms with van der Waals surface area (Å²) in [5, 5.41) is 10.1. The molecule has 1 saturated carbocycles. The molecule has 1 aliphatic carbocycles. The molecule has 0 saturated heterocycles. The lowest BCUT2D eigenvalue weighted by atomic mass is 9.80. The van der Waals surface area contributed by atoms with Gasteiger partial charge in [0.1, 0.15) is 0 Å². The number of ether oxygens (including phenoxy) is 7. The molecular weight excluding hydrogens is 464 g/mol. The number of carboxylic acid groups (broad SMARTS) is 1. The third-order valence-corrected chi connectivity index (χ3v) is 6.00. The van der Waals surface area contributed by atoms with E-state index in [1.807, 2.05) is 0 Å². The Bertz CT molecular complexity index is 575. The highest BCUT2D eigenvalue weighted by Gasteiger charge is 2.51. The Hall–Kier alpha value is -1.38. The van der Waals surface area contributed by atoms with E-state index in [2.05, 4.69) is 0 Å². The van der Waals surface area contributed by atoms with Gasteiger partial charge in [-0.2, -0.15) is 0 Å². The van der Waals surface area contributed by atoms with Crippen molar-refractivity contribution in [1.29, 1.82) is 0 Å². The number of hydrogen-bond donors (Lipinski definition) is 3. The van der Waals surface area contributed by atoms with Crippen LogP contribution in [0.5, 0.6) is 0 Å². The Kier molecular flexibility index (Phi) is 16.2. The van der Waals surface area contributed by atoms with E-state index in [0.29, 0.717) is 52.5 Å². The van der Waals surface area contributed by atoms with Crippen LogP contribution in [0.1, 0.15) is 38.5 Å². The highest BCUT2D eigenvalue weighted by atomic mass is 16.6. The van der Waals surface area contributed by atoms with Crippen LogP contribution in [0, 0.1) is 5.41 Å². The zero-order chi connectivity index (χ0) is 26.0. The smallest absolute Gasteiger partial charge is 0.325 e. The molecule has 0 aromatic heterocycles. The third kappa shape index (κ3) is 11.5. The summed E-state index contributed by atoms with van der Waals surface area (Å²) in [6.07, 6.45) is 2.37. The van der Waals surface area contributed by atoms with E-state index < -0.39 is 29.1 Å². The molecule has 1 aliphatic rings. The van der Waals surface area contributed by atoms with Crippen LogP contribution in [0.2, 0.25) is 0 Å². The second-order valence-corrected chi connectivity index (χ2v) is 8.52. The number of esters is 1.